The van der Waals surface area contributed by atoms with Crippen molar-refractivity contribution in [3.05, 3.63) is 35.9 Å². The Kier molecular flexibility index (Phi) is 11.8. The summed E-state index contributed by atoms with van der Waals surface area (Å²) < 4.78 is 31.7. The van der Waals surface area contributed by atoms with Crippen LogP contribution in [0.3, 0.4) is 0 Å². The first-order valence-corrected chi connectivity index (χ1v) is 10.7. The highest BCUT2D eigenvalue weighted by atomic mass is 19.4. The molecule has 1 aliphatic heterocycles. The van der Waals surface area contributed by atoms with Crippen molar-refractivity contribution in [3.8, 4) is 0 Å². The first-order chi connectivity index (χ1) is 15.1. The number of nitrogens with zero attached hydrogens (tertiary/aromatic N) is 1. The Morgan fingerprint density at radius 2 is 1.88 bits per heavy atom. The molecule has 1 fully saturated rings. The number of halogens is 3. The summed E-state index contributed by atoms with van der Waals surface area (Å²) in [6.07, 6.45) is -0.900. The molecular formula is C22H32F3N3O4. The van der Waals surface area contributed by atoms with E-state index in [-0.39, 0.29) is 17.9 Å². The number of hydrogen-bond donors (Lipinski definition) is 3. The van der Waals surface area contributed by atoms with Gasteiger partial charge in [-0.25, -0.2) is 4.79 Å². The van der Waals surface area contributed by atoms with Crippen molar-refractivity contribution in [2.75, 3.05) is 19.6 Å². The minimum Gasteiger partial charge on any atom is -0.475 e. The molecule has 1 aliphatic rings. The number of carbonyl (C=O) groups is 3. The molecule has 0 aromatic heterocycles. The number of benzene rings is 1. The van der Waals surface area contributed by atoms with Crippen LogP contribution in [0.5, 0.6) is 0 Å². The van der Waals surface area contributed by atoms with Crippen molar-refractivity contribution >= 4 is 17.8 Å². The molecule has 2 atom stereocenters. The van der Waals surface area contributed by atoms with Gasteiger partial charge in [0.1, 0.15) is 6.04 Å². The number of hydrogen-bond acceptors (Lipinski definition) is 4. The predicted molar refractivity (Wildman–Crippen MR) is 114 cm³/mol. The lowest BCUT2D eigenvalue weighted by Crippen LogP contribution is -2.60. The van der Waals surface area contributed by atoms with Crippen LogP contribution in [0.15, 0.2) is 30.3 Å². The van der Waals surface area contributed by atoms with Gasteiger partial charge in [0.2, 0.25) is 11.8 Å². The number of carbonyl (C=O) groups excluding carboxylic acids is 2. The molecular weight excluding hydrogens is 427 g/mol. The fourth-order valence-electron chi connectivity index (χ4n) is 3.31. The molecule has 1 heterocycles. The minimum absolute atomic E-state index is 0.0374. The van der Waals surface area contributed by atoms with Crippen LogP contribution >= 0.6 is 0 Å². The number of amides is 2. The summed E-state index contributed by atoms with van der Waals surface area (Å²) in [4.78, 5) is 35.8. The topological polar surface area (TPSA) is 98.7 Å². The van der Waals surface area contributed by atoms with E-state index < -0.39 is 18.2 Å². The quantitative estimate of drug-likeness (QED) is 0.555. The molecule has 10 heteroatoms. The Morgan fingerprint density at radius 3 is 2.44 bits per heavy atom. The smallest absolute Gasteiger partial charge is 0.475 e. The van der Waals surface area contributed by atoms with E-state index in [2.05, 4.69) is 29.7 Å². The van der Waals surface area contributed by atoms with E-state index in [1.54, 1.807) is 4.90 Å². The van der Waals surface area contributed by atoms with Gasteiger partial charge in [-0.3, -0.25) is 9.59 Å². The summed E-state index contributed by atoms with van der Waals surface area (Å²) in [7, 11) is 0. The second kappa shape index (κ2) is 13.7. The van der Waals surface area contributed by atoms with Crippen LogP contribution in [-0.2, 0) is 20.8 Å². The molecule has 32 heavy (non-hydrogen) atoms. The highest BCUT2D eigenvalue weighted by Gasteiger charge is 2.38. The molecule has 1 saturated heterocycles. The van der Waals surface area contributed by atoms with Crippen molar-refractivity contribution < 1.29 is 32.7 Å². The van der Waals surface area contributed by atoms with E-state index in [1.165, 1.54) is 5.56 Å². The van der Waals surface area contributed by atoms with Crippen molar-refractivity contribution in [2.45, 2.75) is 64.2 Å². The van der Waals surface area contributed by atoms with Gasteiger partial charge >= 0.3 is 12.1 Å². The SMILES string of the molecule is CCCC(C)NC(=O)[C@H]1CNCCN1C(=O)CCCc1ccccc1.O=C(O)C(F)(F)F. The third-order valence-electron chi connectivity index (χ3n) is 4.92. The zero-order valence-corrected chi connectivity index (χ0v) is 18.5. The van der Waals surface area contributed by atoms with Crippen LogP contribution in [0.1, 0.15) is 45.1 Å². The highest BCUT2D eigenvalue weighted by Crippen LogP contribution is 2.13. The molecule has 0 spiro atoms. The highest BCUT2D eigenvalue weighted by molar-refractivity contribution is 5.88. The normalized spacial score (nSPS) is 17.0. The van der Waals surface area contributed by atoms with Crippen LogP contribution < -0.4 is 10.6 Å². The number of carboxylic acid groups (broad SMARTS) is 1. The first-order valence-electron chi connectivity index (χ1n) is 10.7. The Balaban J connectivity index is 0.000000633. The third-order valence-corrected chi connectivity index (χ3v) is 4.92. The standard InChI is InChI=1S/C20H31N3O2.C2HF3O2/c1-3-8-16(2)22-20(25)18-15-21-13-14-23(18)19(24)12-7-11-17-9-5-4-6-10-17;3-2(4,5)1(6)7/h4-6,9-10,16,18,21H,3,7-8,11-15H2,1-2H3,(H,22,25);(H,6,7)/t16?,18-;/m1./s1. The molecule has 2 rings (SSSR count). The van der Waals surface area contributed by atoms with Crippen LogP contribution in [0.25, 0.3) is 0 Å². The van der Waals surface area contributed by atoms with Gasteiger partial charge in [0.25, 0.3) is 0 Å². The van der Waals surface area contributed by atoms with E-state index in [1.807, 2.05) is 25.1 Å². The van der Waals surface area contributed by atoms with Crippen LogP contribution in [0.4, 0.5) is 13.2 Å². The zero-order chi connectivity index (χ0) is 24.1. The molecule has 1 aromatic rings. The number of aryl methyl sites for hydroxylation is 1. The Hall–Kier alpha value is -2.62. The van der Waals surface area contributed by atoms with Gasteiger partial charge in [0, 0.05) is 32.1 Å². The van der Waals surface area contributed by atoms with Crippen LogP contribution in [-0.4, -0.2) is 65.7 Å². The predicted octanol–water partition coefficient (Wildman–Crippen LogP) is 2.75. The Labute approximate surface area is 186 Å². The lowest BCUT2D eigenvalue weighted by Gasteiger charge is -2.36. The number of carboxylic acids is 1. The van der Waals surface area contributed by atoms with Gasteiger partial charge < -0.3 is 20.6 Å². The molecule has 1 aromatic carbocycles. The molecule has 0 radical (unpaired) electrons. The van der Waals surface area contributed by atoms with E-state index in [4.69, 9.17) is 9.90 Å². The van der Waals surface area contributed by atoms with E-state index in [9.17, 15) is 22.8 Å². The Bertz CT molecular complexity index is 729. The third kappa shape index (κ3) is 10.1. The van der Waals surface area contributed by atoms with Gasteiger partial charge in [0.05, 0.1) is 0 Å². The van der Waals surface area contributed by atoms with Gasteiger partial charge in [-0.15, -0.1) is 0 Å². The number of rotatable bonds is 8. The summed E-state index contributed by atoms with van der Waals surface area (Å²) in [5.41, 5.74) is 1.25. The van der Waals surface area contributed by atoms with E-state index >= 15 is 0 Å². The summed E-state index contributed by atoms with van der Waals surface area (Å²) in [5, 5.41) is 13.4. The number of alkyl halides is 3. The van der Waals surface area contributed by atoms with Gasteiger partial charge in [0.15, 0.2) is 0 Å². The summed E-state index contributed by atoms with van der Waals surface area (Å²) in [6.45, 7) is 6.01. The van der Waals surface area contributed by atoms with Crippen LogP contribution in [0.2, 0.25) is 0 Å². The molecule has 2 amide bonds. The molecule has 180 valence electrons. The summed E-state index contributed by atoms with van der Waals surface area (Å²) in [6, 6.07) is 9.96. The number of nitrogens with one attached hydrogen (secondary N) is 2. The monoisotopic (exact) mass is 459 g/mol. The largest absolute Gasteiger partial charge is 0.490 e. The molecule has 3 N–H and O–H groups in total. The van der Waals surface area contributed by atoms with Gasteiger partial charge in [-0.1, -0.05) is 43.7 Å². The minimum atomic E-state index is -5.08. The van der Waals surface area contributed by atoms with Gasteiger partial charge in [-0.05, 0) is 31.7 Å². The first kappa shape index (κ1) is 27.4. The number of aliphatic carboxylic acids is 1. The lowest BCUT2D eigenvalue weighted by molar-refractivity contribution is -0.192. The maximum atomic E-state index is 12.6. The van der Waals surface area contributed by atoms with Crippen molar-refractivity contribution in [1.82, 2.24) is 15.5 Å². The average Bonchev–Trinajstić information content (AvgIpc) is 2.74. The van der Waals surface area contributed by atoms with Crippen molar-refractivity contribution in [2.24, 2.45) is 0 Å². The fourth-order valence-corrected chi connectivity index (χ4v) is 3.31. The van der Waals surface area contributed by atoms with Crippen molar-refractivity contribution in [3.63, 3.8) is 0 Å². The second-order valence-corrected chi connectivity index (χ2v) is 7.65. The molecule has 0 saturated carbocycles. The maximum absolute atomic E-state index is 12.6. The van der Waals surface area contributed by atoms with Gasteiger partial charge in [-0.2, -0.15) is 13.2 Å². The second-order valence-electron chi connectivity index (χ2n) is 7.65. The molecule has 0 aliphatic carbocycles. The zero-order valence-electron chi connectivity index (χ0n) is 18.5. The van der Waals surface area contributed by atoms with E-state index in [0.29, 0.717) is 19.5 Å². The molecule has 0 bridgehead atoms. The van der Waals surface area contributed by atoms with E-state index in [0.717, 1.165) is 32.2 Å². The number of piperazine rings is 1. The Morgan fingerprint density at radius 1 is 1.25 bits per heavy atom. The maximum Gasteiger partial charge on any atom is 0.490 e. The average molecular weight is 460 g/mol. The molecule has 1 unspecified atom stereocenters. The fraction of sp³-hybridized carbons (Fsp3) is 0.591. The summed E-state index contributed by atoms with van der Waals surface area (Å²) in [5.74, 6) is -2.71. The van der Waals surface area contributed by atoms with Crippen LogP contribution in [0, 0.1) is 0 Å². The van der Waals surface area contributed by atoms with Crippen molar-refractivity contribution in [1.29, 1.82) is 0 Å². The molecule has 7 nitrogen and oxygen atoms in total. The lowest BCUT2D eigenvalue weighted by atomic mass is 10.1. The summed E-state index contributed by atoms with van der Waals surface area (Å²) >= 11 is 0.